The maximum Gasteiger partial charge on any atom is 0.331 e. The zero-order chi connectivity index (χ0) is 13.5. The van der Waals surface area contributed by atoms with E-state index in [1.807, 2.05) is 0 Å². The number of Topliss-reactive ketones (excluding diaryl/α,β-unsaturated/α-hetero) is 1. The number of carbonyl (C=O) groups excluding carboxylic acids is 2. The van der Waals surface area contributed by atoms with E-state index in [9.17, 15) is 14.2 Å². The highest BCUT2D eigenvalue weighted by Gasteiger charge is 2.32. The van der Waals surface area contributed by atoms with Crippen LogP contribution in [0.3, 0.4) is 0 Å². The second-order valence-electron chi connectivity index (χ2n) is 3.51. The van der Waals surface area contributed by atoms with Gasteiger partial charge < -0.3 is 18.6 Å². The van der Waals surface area contributed by atoms with Gasteiger partial charge in [-0.15, -0.1) is 0 Å². The van der Waals surface area contributed by atoms with E-state index in [1.54, 1.807) is 6.92 Å². The number of hydrogen-bond donors (Lipinski definition) is 0. The topological polar surface area (TPSA) is 78.9 Å². The number of esters is 1. The van der Waals surface area contributed by atoms with Crippen molar-refractivity contribution in [1.29, 1.82) is 0 Å². The molecule has 0 saturated heterocycles. The maximum absolute atomic E-state index is 11.9. The van der Waals surface area contributed by atoms with E-state index in [0.29, 0.717) is 0 Å². The van der Waals surface area contributed by atoms with E-state index < -0.39 is 19.5 Å². The van der Waals surface area contributed by atoms with E-state index in [-0.39, 0.29) is 25.0 Å². The summed E-state index contributed by atoms with van der Waals surface area (Å²) in [6.45, 7) is 3.23. The minimum absolute atomic E-state index is 0.0322. The maximum atomic E-state index is 11.9. The van der Waals surface area contributed by atoms with Crippen molar-refractivity contribution >= 4 is 19.3 Å². The van der Waals surface area contributed by atoms with Crippen LogP contribution in [0.15, 0.2) is 0 Å². The standard InChI is InChI=1S/C10H19O6P/c1-5-16-10(12)9(6-8(2)11)7-17(13,14-3)15-4/h9H,5-7H2,1-4H3. The lowest BCUT2D eigenvalue weighted by Gasteiger charge is -2.19. The predicted molar refractivity (Wildman–Crippen MR) is 61.9 cm³/mol. The van der Waals surface area contributed by atoms with Gasteiger partial charge in [0.05, 0.1) is 18.7 Å². The molecule has 0 bridgehead atoms. The highest BCUT2D eigenvalue weighted by Crippen LogP contribution is 2.48. The number of carbonyl (C=O) groups is 2. The zero-order valence-electron chi connectivity index (χ0n) is 10.6. The van der Waals surface area contributed by atoms with Crippen molar-refractivity contribution < 1.29 is 27.9 Å². The van der Waals surface area contributed by atoms with Gasteiger partial charge in [-0.3, -0.25) is 9.36 Å². The highest BCUT2D eigenvalue weighted by molar-refractivity contribution is 7.53. The Bertz CT molecular complexity index is 306. The molecule has 1 atom stereocenters. The Hall–Kier alpha value is -0.710. The fraction of sp³-hybridized carbons (Fsp3) is 0.800. The van der Waals surface area contributed by atoms with Gasteiger partial charge in [-0.1, -0.05) is 0 Å². The minimum atomic E-state index is -3.32. The molecule has 0 aromatic rings. The van der Waals surface area contributed by atoms with Crippen molar-refractivity contribution in [2.45, 2.75) is 20.3 Å². The first-order valence-electron chi connectivity index (χ1n) is 5.25. The van der Waals surface area contributed by atoms with Crippen LogP contribution in [0, 0.1) is 5.92 Å². The fourth-order valence-electron chi connectivity index (χ4n) is 1.32. The van der Waals surface area contributed by atoms with Gasteiger partial charge in [0.15, 0.2) is 0 Å². The summed E-state index contributed by atoms with van der Waals surface area (Å²) in [4.78, 5) is 22.6. The lowest BCUT2D eigenvalue weighted by molar-refractivity contribution is -0.148. The molecule has 100 valence electrons. The third-order valence-corrected chi connectivity index (χ3v) is 4.15. The third kappa shape index (κ3) is 5.96. The average molecular weight is 266 g/mol. The van der Waals surface area contributed by atoms with Crippen molar-refractivity contribution in [1.82, 2.24) is 0 Å². The van der Waals surface area contributed by atoms with E-state index >= 15 is 0 Å². The molecule has 7 heteroatoms. The normalized spacial score (nSPS) is 13.2. The van der Waals surface area contributed by atoms with Crippen LogP contribution in [0.25, 0.3) is 0 Å². The highest BCUT2D eigenvalue weighted by atomic mass is 31.2. The summed E-state index contributed by atoms with van der Waals surface area (Å²) in [5.74, 6) is -1.53. The van der Waals surface area contributed by atoms with Crippen LogP contribution in [0.2, 0.25) is 0 Å². The molecule has 0 spiro atoms. The Balaban J connectivity index is 4.75. The average Bonchev–Trinajstić information content (AvgIpc) is 2.27. The second-order valence-corrected chi connectivity index (χ2v) is 5.83. The molecule has 17 heavy (non-hydrogen) atoms. The molecule has 0 aliphatic heterocycles. The molecule has 0 aliphatic carbocycles. The van der Waals surface area contributed by atoms with Crippen LogP contribution in [0.4, 0.5) is 0 Å². The molecule has 0 aromatic heterocycles. The summed E-state index contributed by atoms with van der Waals surface area (Å²) < 4.78 is 26.2. The molecule has 0 radical (unpaired) electrons. The Kier molecular flexibility index (Phi) is 7.27. The van der Waals surface area contributed by atoms with Crippen LogP contribution in [0.1, 0.15) is 20.3 Å². The number of ketones is 1. The van der Waals surface area contributed by atoms with Gasteiger partial charge in [0.1, 0.15) is 5.78 Å². The van der Waals surface area contributed by atoms with Crippen LogP contribution in [-0.4, -0.2) is 38.7 Å². The van der Waals surface area contributed by atoms with E-state index in [1.165, 1.54) is 21.1 Å². The SMILES string of the molecule is CCOC(=O)C(CC(C)=O)CP(=O)(OC)OC. The third-order valence-electron chi connectivity index (χ3n) is 2.15. The Morgan fingerprint density at radius 3 is 2.12 bits per heavy atom. The number of ether oxygens (including phenoxy) is 1. The largest absolute Gasteiger partial charge is 0.466 e. The molecular weight excluding hydrogens is 247 g/mol. The molecule has 0 aliphatic rings. The van der Waals surface area contributed by atoms with Gasteiger partial charge in [-0.2, -0.15) is 0 Å². The van der Waals surface area contributed by atoms with Gasteiger partial charge in [-0.05, 0) is 13.8 Å². The summed E-state index contributed by atoms with van der Waals surface area (Å²) in [7, 11) is -0.851. The first-order valence-corrected chi connectivity index (χ1v) is 6.98. The first-order chi connectivity index (χ1) is 7.88. The molecule has 6 nitrogen and oxygen atoms in total. The van der Waals surface area contributed by atoms with Crippen LogP contribution in [-0.2, 0) is 27.9 Å². The van der Waals surface area contributed by atoms with Crippen LogP contribution < -0.4 is 0 Å². The summed E-state index contributed by atoms with van der Waals surface area (Å²) in [6, 6.07) is 0. The molecular formula is C10H19O6P. The van der Waals surface area contributed by atoms with Gasteiger partial charge >= 0.3 is 13.6 Å². The van der Waals surface area contributed by atoms with Gasteiger partial charge in [0, 0.05) is 20.6 Å². The first kappa shape index (κ1) is 16.3. The monoisotopic (exact) mass is 266 g/mol. The molecule has 0 N–H and O–H groups in total. The van der Waals surface area contributed by atoms with Gasteiger partial charge in [-0.25, -0.2) is 0 Å². The Morgan fingerprint density at radius 2 is 1.76 bits per heavy atom. The zero-order valence-corrected chi connectivity index (χ0v) is 11.5. The molecule has 0 heterocycles. The molecule has 0 aromatic carbocycles. The lowest BCUT2D eigenvalue weighted by Crippen LogP contribution is -2.24. The minimum Gasteiger partial charge on any atom is -0.466 e. The lowest BCUT2D eigenvalue weighted by atomic mass is 10.1. The summed E-state index contributed by atoms with van der Waals surface area (Å²) in [5, 5.41) is 0. The van der Waals surface area contributed by atoms with E-state index in [4.69, 9.17) is 13.8 Å². The van der Waals surface area contributed by atoms with Gasteiger partial charge in [0.2, 0.25) is 0 Å². The summed E-state index contributed by atoms with van der Waals surface area (Å²) >= 11 is 0. The molecule has 0 fully saturated rings. The van der Waals surface area contributed by atoms with E-state index in [0.717, 1.165) is 0 Å². The van der Waals surface area contributed by atoms with E-state index in [2.05, 4.69) is 0 Å². The Morgan fingerprint density at radius 1 is 1.24 bits per heavy atom. The molecule has 0 rings (SSSR count). The number of rotatable bonds is 8. The summed E-state index contributed by atoms with van der Waals surface area (Å²) in [6.07, 6.45) is -0.187. The van der Waals surface area contributed by atoms with Crippen molar-refractivity contribution in [2.75, 3.05) is 27.0 Å². The van der Waals surface area contributed by atoms with Crippen molar-refractivity contribution in [2.24, 2.45) is 5.92 Å². The van der Waals surface area contributed by atoms with Crippen molar-refractivity contribution in [3.8, 4) is 0 Å². The van der Waals surface area contributed by atoms with Crippen molar-refractivity contribution in [3.05, 3.63) is 0 Å². The Labute approximate surface area is 101 Å². The molecule has 1 unspecified atom stereocenters. The number of hydrogen-bond acceptors (Lipinski definition) is 6. The van der Waals surface area contributed by atoms with Crippen molar-refractivity contribution in [3.63, 3.8) is 0 Å². The van der Waals surface area contributed by atoms with Gasteiger partial charge in [0.25, 0.3) is 0 Å². The molecule has 0 saturated carbocycles. The second kappa shape index (κ2) is 7.58. The molecule has 0 amide bonds. The van der Waals surface area contributed by atoms with Crippen LogP contribution in [0.5, 0.6) is 0 Å². The fourth-order valence-corrected chi connectivity index (χ4v) is 2.59. The summed E-state index contributed by atoms with van der Waals surface area (Å²) in [5.41, 5.74) is 0. The quantitative estimate of drug-likeness (QED) is 0.490. The predicted octanol–water partition coefficient (Wildman–Crippen LogP) is 1.63. The van der Waals surface area contributed by atoms with Crippen LogP contribution >= 0.6 is 7.60 Å². The smallest absolute Gasteiger partial charge is 0.331 e.